The summed E-state index contributed by atoms with van der Waals surface area (Å²) in [5.41, 5.74) is 4.36. The zero-order chi connectivity index (χ0) is 45.9. The molecule has 0 aliphatic heterocycles. The summed E-state index contributed by atoms with van der Waals surface area (Å²) in [6.07, 6.45) is 7.72. The van der Waals surface area contributed by atoms with Gasteiger partial charge in [0.05, 0.1) is 100 Å². The van der Waals surface area contributed by atoms with Crippen LogP contribution in [0.3, 0.4) is 0 Å². The lowest BCUT2D eigenvalue weighted by atomic mass is 10.1. The maximum Gasteiger partial charge on any atom is 0.336 e. The molecule has 0 saturated heterocycles. The molecule has 0 aliphatic rings. The topological polar surface area (TPSA) is 161 Å². The van der Waals surface area contributed by atoms with Crippen molar-refractivity contribution >= 4 is 37.7 Å². The van der Waals surface area contributed by atoms with Crippen LogP contribution in [0.1, 0.15) is 58.1 Å². The number of carbonyl (C=O) groups is 1. The van der Waals surface area contributed by atoms with E-state index in [9.17, 15) is 9.36 Å². The van der Waals surface area contributed by atoms with Crippen LogP contribution < -0.4 is 42.6 Å². The molecule has 5 aromatic rings. The highest BCUT2D eigenvalue weighted by Crippen LogP contribution is 2.51. The third-order valence-corrected chi connectivity index (χ3v) is 11.0. The molecular weight excluding hydrogens is 831 g/mol. The van der Waals surface area contributed by atoms with Crippen LogP contribution in [-0.2, 0) is 19.8 Å². The summed E-state index contributed by atoms with van der Waals surface area (Å²) in [6, 6.07) is 21.4. The minimum Gasteiger partial charge on any atom is -0.493 e. The van der Waals surface area contributed by atoms with Gasteiger partial charge < -0.3 is 51.7 Å². The first kappa shape index (κ1) is 49.1. The standard InChI is InChI=1S/C27H29NO6.C20H26NO7P/c1-29-22-14-18(15-23(30-2)26(22)33-5)10-12-20-8-7-9-21(28-20)13-11-19-16-24(31-3)27(34-6)25(17-19)32-4;1-6-27-29(23,28-7-2)13-15-9-8-10-16(21-15)19(22)14-11-17(24-3)20(26-5)18(12-14)25-4/h7-17H,1-6H3;8-12H,6-7,13H2,1-5H3/b12-10+,13-11+;. The SMILES string of the molecule is CCOP(=O)(Cc1cccc(C(=O)c2cc(OC)c(OC)c(OC)c2)n1)OCC.COc1cc(/C=C/c2cccc(/C=C/c3cc(OC)c(OC)c(OC)c3)n2)cc(OC)c1OC. The molecule has 2 aromatic heterocycles. The molecule has 0 aliphatic carbocycles. The summed E-state index contributed by atoms with van der Waals surface area (Å²) in [4.78, 5) is 22.1. The van der Waals surface area contributed by atoms with Crippen LogP contribution >= 0.6 is 7.60 Å². The van der Waals surface area contributed by atoms with Crippen molar-refractivity contribution in [2.45, 2.75) is 20.0 Å². The number of ketones is 1. The van der Waals surface area contributed by atoms with E-state index in [0.29, 0.717) is 63.0 Å². The average Bonchev–Trinajstić information content (AvgIpc) is 3.31. The van der Waals surface area contributed by atoms with Gasteiger partial charge in [0.1, 0.15) is 5.69 Å². The molecule has 3 aromatic carbocycles. The van der Waals surface area contributed by atoms with Crippen molar-refractivity contribution in [1.29, 1.82) is 0 Å². The van der Waals surface area contributed by atoms with Gasteiger partial charge in [0.15, 0.2) is 34.5 Å². The lowest BCUT2D eigenvalue weighted by Crippen LogP contribution is -2.08. The number of rotatable bonds is 21. The van der Waals surface area contributed by atoms with Gasteiger partial charge in [-0.05, 0) is 97.8 Å². The summed E-state index contributed by atoms with van der Waals surface area (Å²) in [7, 11) is 10.6. The van der Waals surface area contributed by atoms with E-state index < -0.39 is 7.60 Å². The van der Waals surface area contributed by atoms with Gasteiger partial charge in [-0.1, -0.05) is 24.3 Å². The van der Waals surface area contributed by atoms with E-state index in [-0.39, 0.29) is 30.9 Å². The van der Waals surface area contributed by atoms with Crippen molar-refractivity contribution < 1.29 is 61.0 Å². The van der Waals surface area contributed by atoms with Crippen LogP contribution in [0, 0.1) is 0 Å². The number of hydrogen-bond acceptors (Lipinski definition) is 15. The molecule has 16 heteroatoms. The van der Waals surface area contributed by atoms with Crippen LogP contribution in [0.5, 0.6) is 51.7 Å². The van der Waals surface area contributed by atoms with Gasteiger partial charge >= 0.3 is 7.60 Å². The Morgan fingerprint density at radius 1 is 0.508 bits per heavy atom. The molecule has 0 N–H and O–H groups in total. The lowest BCUT2D eigenvalue weighted by Gasteiger charge is -2.17. The second kappa shape index (κ2) is 24.2. The first-order valence-electron chi connectivity index (χ1n) is 19.6. The van der Waals surface area contributed by atoms with Crippen molar-refractivity contribution in [2.75, 3.05) is 77.2 Å². The predicted molar refractivity (Wildman–Crippen MR) is 243 cm³/mol. The van der Waals surface area contributed by atoms with E-state index in [0.717, 1.165) is 22.5 Å². The average molecular weight is 887 g/mol. The molecule has 0 fully saturated rings. The zero-order valence-electron chi connectivity index (χ0n) is 37.5. The second-order valence-corrected chi connectivity index (χ2v) is 15.0. The molecule has 15 nitrogen and oxygen atoms in total. The van der Waals surface area contributed by atoms with Crippen LogP contribution in [0.15, 0.2) is 72.8 Å². The predicted octanol–water partition coefficient (Wildman–Crippen LogP) is 9.58. The minimum atomic E-state index is -3.33. The number of aromatic nitrogens is 2. The van der Waals surface area contributed by atoms with Crippen molar-refractivity contribution in [3.05, 3.63) is 112 Å². The Bertz CT molecular complexity index is 2240. The Morgan fingerprint density at radius 2 is 0.889 bits per heavy atom. The summed E-state index contributed by atoms with van der Waals surface area (Å²) in [5, 5.41) is 0. The smallest absolute Gasteiger partial charge is 0.336 e. The summed E-state index contributed by atoms with van der Waals surface area (Å²) in [6.45, 7) is 3.98. The summed E-state index contributed by atoms with van der Waals surface area (Å²) in [5.74, 6) is 4.27. The third kappa shape index (κ3) is 13.0. The number of ether oxygens (including phenoxy) is 9. The fraction of sp³-hybridized carbons (Fsp3) is 0.298. The molecule has 0 radical (unpaired) electrons. The van der Waals surface area contributed by atoms with Crippen LogP contribution in [0.4, 0.5) is 0 Å². The number of hydrogen-bond donors (Lipinski definition) is 0. The molecule has 0 amide bonds. The van der Waals surface area contributed by atoms with Crippen molar-refractivity contribution in [3.8, 4) is 51.7 Å². The van der Waals surface area contributed by atoms with Gasteiger partial charge in [0.25, 0.3) is 0 Å². The van der Waals surface area contributed by atoms with Gasteiger partial charge in [-0.3, -0.25) is 9.36 Å². The zero-order valence-corrected chi connectivity index (χ0v) is 38.4. The number of carbonyl (C=O) groups excluding carboxylic acids is 1. The third-order valence-electron chi connectivity index (χ3n) is 9.03. The minimum absolute atomic E-state index is 0.0228. The van der Waals surface area contributed by atoms with E-state index >= 15 is 0 Å². The van der Waals surface area contributed by atoms with Gasteiger partial charge in [0.2, 0.25) is 23.0 Å². The maximum absolute atomic E-state index is 13.0. The molecule has 5 rings (SSSR count). The van der Waals surface area contributed by atoms with Crippen molar-refractivity contribution in [1.82, 2.24) is 9.97 Å². The van der Waals surface area contributed by atoms with E-state index in [1.165, 1.54) is 21.3 Å². The Morgan fingerprint density at radius 3 is 1.25 bits per heavy atom. The van der Waals surface area contributed by atoms with Crippen molar-refractivity contribution in [3.63, 3.8) is 0 Å². The van der Waals surface area contributed by atoms with Crippen LogP contribution in [0.2, 0.25) is 0 Å². The Labute approximate surface area is 369 Å². The molecule has 63 heavy (non-hydrogen) atoms. The van der Waals surface area contributed by atoms with Crippen molar-refractivity contribution in [2.24, 2.45) is 0 Å². The van der Waals surface area contributed by atoms with Gasteiger partial charge in [-0.25, -0.2) is 9.97 Å². The molecule has 0 spiro atoms. The van der Waals surface area contributed by atoms with Crippen LogP contribution in [0.25, 0.3) is 24.3 Å². The molecule has 0 bridgehead atoms. The highest BCUT2D eigenvalue weighted by molar-refractivity contribution is 7.53. The molecule has 0 unspecified atom stereocenters. The molecule has 2 heterocycles. The highest BCUT2D eigenvalue weighted by Gasteiger charge is 2.26. The normalized spacial score (nSPS) is 11.1. The highest BCUT2D eigenvalue weighted by atomic mass is 31.2. The number of pyridine rings is 2. The first-order chi connectivity index (χ1) is 30.5. The largest absolute Gasteiger partial charge is 0.493 e. The monoisotopic (exact) mass is 886 g/mol. The maximum atomic E-state index is 13.0. The summed E-state index contributed by atoms with van der Waals surface area (Å²) < 4.78 is 71.7. The van der Waals surface area contributed by atoms with E-state index in [1.807, 2.05) is 66.8 Å². The van der Waals surface area contributed by atoms with Gasteiger partial charge in [-0.2, -0.15) is 0 Å². The lowest BCUT2D eigenvalue weighted by molar-refractivity contribution is 0.103. The van der Waals surface area contributed by atoms with Crippen LogP contribution in [-0.4, -0.2) is 93.0 Å². The fourth-order valence-corrected chi connectivity index (χ4v) is 7.80. The number of benzene rings is 3. The molecule has 0 atom stereocenters. The number of nitrogens with zero attached hydrogens (tertiary/aromatic N) is 2. The molecule has 0 saturated carbocycles. The van der Waals surface area contributed by atoms with E-state index in [2.05, 4.69) is 4.98 Å². The molecular formula is C47H55N2O13P. The number of methoxy groups -OCH3 is 9. The Kier molecular flexibility index (Phi) is 18.9. The summed E-state index contributed by atoms with van der Waals surface area (Å²) >= 11 is 0. The second-order valence-electron chi connectivity index (χ2n) is 12.9. The first-order valence-corrected chi connectivity index (χ1v) is 21.3. The van der Waals surface area contributed by atoms with E-state index in [1.54, 1.807) is 86.8 Å². The molecule has 336 valence electrons. The Balaban J connectivity index is 0.000000280. The quantitative estimate of drug-likeness (QED) is 0.0505. The Hall–Kier alpha value is -6.54. The van der Waals surface area contributed by atoms with E-state index in [4.69, 9.17) is 56.7 Å². The van der Waals surface area contributed by atoms with Gasteiger partial charge in [-0.15, -0.1) is 0 Å². The fourth-order valence-electron chi connectivity index (χ4n) is 6.19. The van der Waals surface area contributed by atoms with Gasteiger partial charge in [0, 0.05) is 5.56 Å².